The van der Waals surface area contributed by atoms with Gasteiger partial charge in [-0.25, -0.2) is 9.13 Å². The maximum absolute atomic E-state index is 13.1. The molecule has 0 bridgehead atoms. The largest absolute Gasteiger partial charge is 0.472 e. The van der Waals surface area contributed by atoms with Gasteiger partial charge in [-0.1, -0.05) is 325 Å². The lowest BCUT2D eigenvalue weighted by atomic mass is 10.0. The first-order valence-electron chi connectivity index (χ1n) is 41.2. The fraction of sp³-hybridized carbons (Fsp3) is 0.807. The van der Waals surface area contributed by atoms with E-state index < -0.39 is 97.5 Å². The lowest BCUT2D eigenvalue weighted by Crippen LogP contribution is -2.30. The van der Waals surface area contributed by atoms with E-state index in [2.05, 4.69) is 101 Å². The number of carbonyl (C=O) groups is 4. The fourth-order valence-electron chi connectivity index (χ4n) is 11.4. The first-order valence-corrected chi connectivity index (χ1v) is 44.2. The van der Waals surface area contributed by atoms with Crippen LogP contribution in [0.4, 0.5) is 0 Å². The summed E-state index contributed by atoms with van der Waals surface area (Å²) in [4.78, 5) is 73.0. The Morgan fingerprint density at radius 3 is 0.804 bits per heavy atom. The van der Waals surface area contributed by atoms with Gasteiger partial charge in [0.25, 0.3) is 0 Å². The van der Waals surface area contributed by atoms with Crippen molar-refractivity contribution >= 4 is 39.5 Å². The maximum atomic E-state index is 13.1. The van der Waals surface area contributed by atoms with Crippen LogP contribution in [0.2, 0.25) is 0 Å². The highest BCUT2D eigenvalue weighted by Crippen LogP contribution is 2.45. The van der Waals surface area contributed by atoms with E-state index in [0.29, 0.717) is 25.7 Å². The van der Waals surface area contributed by atoms with Gasteiger partial charge >= 0.3 is 39.5 Å². The van der Waals surface area contributed by atoms with Gasteiger partial charge in [0.05, 0.1) is 26.4 Å². The van der Waals surface area contributed by atoms with Crippen molar-refractivity contribution in [2.45, 2.75) is 393 Å². The molecule has 0 aliphatic carbocycles. The molecule has 0 heterocycles. The minimum Gasteiger partial charge on any atom is -0.462 e. The van der Waals surface area contributed by atoms with Gasteiger partial charge in [0, 0.05) is 25.7 Å². The van der Waals surface area contributed by atoms with Crippen LogP contribution in [-0.2, 0) is 65.4 Å². The molecule has 0 saturated heterocycles. The monoisotopic (exact) mass is 1480 g/mol. The summed E-state index contributed by atoms with van der Waals surface area (Å²) >= 11 is 0. The Morgan fingerprint density at radius 1 is 0.284 bits per heavy atom. The van der Waals surface area contributed by atoms with Crippen LogP contribution >= 0.6 is 15.6 Å². The van der Waals surface area contributed by atoms with Crippen LogP contribution in [0.25, 0.3) is 0 Å². The molecule has 102 heavy (non-hydrogen) atoms. The number of phosphoric acid groups is 2. The second-order valence-electron chi connectivity index (χ2n) is 27.7. The summed E-state index contributed by atoms with van der Waals surface area (Å²) in [5, 5.41) is 10.6. The van der Waals surface area contributed by atoms with Gasteiger partial charge in [-0.05, 0) is 96.3 Å². The lowest BCUT2D eigenvalue weighted by Gasteiger charge is -2.21. The molecule has 19 heteroatoms. The van der Waals surface area contributed by atoms with Crippen molar-refractivity contribution in [2.24, 2.45) is 0 Å². The van der Waals surface area contributed by atoms with Crippen LogP contribution in [0, 0.1) is 0 Å². The van der Waals surface area contributed by atoms with Gasteiger partial charge in [-0.3, -0.25) is 37.3 Å². The molecular weight excluding hydrogens is 1330 g/mol. The molecule has 594 valence electrons. The number of phosphoric ester groups is 2. The number of rotatable bonds is 78. The average Bonchev–Trinajstić information content (AvgIpc) is 0.908. The third-order valence-electron chi connectivity index (χ3n) is 17.7. The molecule has 5 unspecified atom stereocenters. The average molecular weight is 1480 g/mol. The van der Waals surface area contributed by atoms with Crippen molar-refractivity contribution in [2.75, 3.05) is 39.6 Å². The lowest BCUT2D eigenvalue weighted by molar-refractivity contribution is -0.161. The molecule has 0 aromatic heterocycles. The van der Waals surface area contributed by atoms with Crippen LogP contribution in [0.15, 0.2) is 72.9 Å². The molecule has 0 amide bonds. The van der Waals surface area contributed by atoms with E-state index >= 15 is 0 Å². The van der Waals surface area contributed by atoms with E-state index in [9.17, 15) is 43.2 Å². The van der Waals surface area contributed by atoms with Gasteiger partial charge < -0.3 is 33.8 Å². The predicted molar refractivity (Wildman–Crippen MR) is 418 cm³/mol. The van der Waals surface area contributed by atoms with Crippen LogP contribution < -0.4 is 0 Å². The van der Waals surface area contributed by atoms with E-state index in [1.54, 1.807) is 0 Å². The van der Waals surface area contributed by atoms with E-state index in [4.69, 9.17) is 37.0 Å². The molecule has 17 nitrogen and oxygen atoms in total. The van der Waals surface area contributed by atoms with Crippen molar-refractivity contribution in [3.8, 4) is 0 Å². The first kappa shape index (κ1) is 98.5. The molecule has 0 aliphatic rings. The summed E-state index contributed by atoms with van der Waals surface area (Å²) in [5.41, 5.74) is 0. The summed E-state index contributed by atoms with van der Waals surface area (Å²) < 4.78 is 68.7. The second-order valence-corrected chi connectivity index (χ2v) is 30.6. The highest BCUT2D eigenvalue weighted by molar-refractivity contribution is 7.47. The smallest absolute Gasteiger partial charge is 0.462 e. The van der Waals surface area contributed by atoms with Gasteiger partial charge in [-0.15, -0.1) is 0 Å². The summed E-state index contributed by atoms with van der Waals surface area (Å²) in [6.45, 7) is 4.79. The predicted octanol–water partition coefficient (Wildman–Crippen LogP) is 24.0. The Kier molecular flexibility index (Phi) is 73.1. The zero-order valence-electron chi connectivity index (χ0n) is 65.0. The van der Waals surface area contributed by atoms with Crippen molar-refractivity contribution in [1.29, 1.82) is 0 Å². The number of esters is 4. The summed E-state index contributed by atoms with van der Waals surface area (Å²) in [5.74, 6) is -2.18. The molecule has 5 atom stereocenters. The Bertz CT molecular complexity index is 2210. The first-order chi connectivity index (χ1) is 49.7. The summed E-state index contributed by atoms with van der Waals surface area (Å²) in [6.07, 6.45) is 77.3. The summed E-state index contributed by atoms with van der Waals surface area (Å²) in [6, 6.07) is 0. The van der Waals surface area contributed by atoms with Crippen LogP contribution in [0.3, 0.4) is 0 Å². The normalized spacial score (nSPS) is 14.2. The Morgan fingerprint density at radius 2 is 0.510 bits per heavy atom. The third-order valence-corrected chi connectivity index (χ3v) is 19.6. The number of ether oxygens (including phenoxy) is 4. The molecule has 0 fully saturated rings. The van der Waals surface area contributed by atoms with Gasteiger partial charge in [-0.2, -0.15) is 0 Å². The van der Waals surface area contributed by atoms with E-state index in [-0.39, 0.29) is 25.7 Å². The maximum Gasteiger partial charge on any atom is 0.472 e. The van der Waals surface area contributed by atoms with Gasteiger partial charge in [0.15, 0.2) is 12.2 Å². The van der Waals surface area contributed by atoms with Crippen molar-refractivity contribution in [1.82, 2.24) is 0 Å². The van der Waals surface area contributed by atoms with Crippen molar-refractivity contribution in [3.05, 3.63) is 72.9 Å². The van der Waals surface area contributed by atoms with Crippen LogP contribution in [0.1, 0.15) is 374 Å². The number of aliphatic hydroxyl groups is 1. The number of unbranched alkanes of at least 4 members (excludes halogenated alkanes) is 40. The molecule has 3 N–H and O–H groups in total. The van der Waals surface area contributed by atoms with E-state index in [1.165, 1.54) is 154 Å². The Balaban J connectivity index is 5.34. The summed E-state index contributed by atoms with van der Waals surface area (Å²) in [7, 11) is -9.95. The van der Waals surface area contributed by atoms with Gasteiger partial charge in [0.2, 0.25) is 0 Å². The van der Waals surface area contributed by atoms with E-state index in [0.717, 1.165) is 141 Å². The standard InChI is InChI=1S/C83H150O17P2/c1-5-9-13-17-21-25-29-33-36-37-38-39-42-45-48-52-56-60-64-68-81(86)94-73-78(99-82(87)69-65-61-57-53-49-43-32-28-24-20-16-12-8-4)75-97-101(89,90)95-71-77(84)72-96-102(91,92)98-76-79(100-83(88)70-66-62-58-54-50-46-41-35-31-27-23-19-15-11-7-3)74-93-80(85)67-63-59-55-51-47-44-40-34-30-26-22-18-14-10-6-2/h9,13,21,25,33-34,36,38-40,45,48,77-79,84H,5-8,10-12,14-20,22-24,26-32,35,37,41-44,46-47,49-76H2,1-4H3,(H,89,90)(H,91,92)/b13-9-,25-21-,36-33-,39-38-,40-34-,48-45-. The molecule has 0 aromatic rings. The SMILES string of the molecule is CC/C=C\C/C=C\C/C=C\C/C=C\C/C=C\CCCCCC(=O)OCC(COP(=O)(O)OCC(O)COP(=O)(O)OCC(COC(=O)CCCCCCC/C=C\CCCCCCCC)OC(=O)CCCCCCCCCCCCCCCCC)OC(=O)CCCCCCCCCCCCCCC. The molecule has 0 aromatic carbocycles. The minimum absolute atomic E-state index is 0.0924. The Hall–Kier alpha value is -3.50. The molecule has 0 rings (SSSR count). The van der Waals surface area contributed by atoms with Gasteiger partial charge in [0.1, 0.15) is 19.3 Å². The zero-order chi connectivity index (χ0) is 74.6. The quantitative estimate of drug-likeness (QED) is 0.0169. The molecule has 0 aliphatic heterocycles. The van der Waals surface area contributed by atoms with Crippen LogP contribution in [0.5, 0.6) is 0 Å². The topological polar surface area (TPSA) is 237 Å². The Labute approximate surface area is 622 Å². The molecule has 0 saturated carbocycles. The zero-order valence-corrected chi connectivity index (χ0v) is 66.8. The minimum atomic E-state index is -4.98. The van der Waals surface area contributed by atoms with Crippen molar-refractivity contribution in [3.63, 3.8) is 0 Å². The fourth-order valence-corrected chi connectivity index (χ4v) is 13.0. The number of aliphatic hydroxyl groups excluding tert-OH is 1. The third kappa shape index (κ3) is 74.8. The highest BCUT2D eigenvalue weighted by Gasteiger charge is 2.30. The number of carbonyl (C=O) groups excluding carboxylic acids is 4. The molecule has 0 radical (unpaired) electrons. The second kappa shape index (κ2) is 75.7. The van der Waals surface area contributed by atoms with Crippen molar-refractivity contribution < 1.29 is 80.2 Å². The highest BCUT2D eigenvalue weighted by atomic mass is 31.2. The van der Waals surface area contributed by atoms with Crippen LogP contribution in [-0.4, -0.2) is 96.7 Å². The molecular formula is C83H150O17P2. The number of allylic oxidation sites excluding steroid dienone is 12. The number of hydrogen-bond acceptors (Lipinski definition) is 15. The molecule has 0 spiro atoms. The number of hydrogen-bond donors (Lipinski definition) is 3. The van der Waals surface area contributed by atoms with E-state index in [1.807, 2.05) is 0 Å².